The van der Waals surface area contributed by atoms with Gasteiger partial charge in [-0.1, -0.05) is 6.07 Å². The third-order valence-corrected chi connectivity index (χ3v) is 4.51. The lowest BCUT2D eigenvalue weighted by molar-refractivity contribution is -0.118. The number of amides is 1. The Labute approximate surface area is 160 Å². The molecule has 1 aliphatic rings. The van der Waals surface area contributed by atoms with Gasteiger partial charge in [-0.3, -0.25) is 4.79 Å². The van der Waals surface area contributed by atoms with Crippen molar-refractivity contribution in [2.24, 2.45) is 0 Å². The van der Waals surface area contributed by atoms with E-state index in [0.717, 1.165) is 37.6 Å². The summed E-state index contributed by atoms with van der Waals surface area (Å²) in [5, 5.41) is 2.87. The van der Waals surface area contributed by atoms with Crippen molar-refractivity contribution in [3.63, 3.8) is 0 Å². The van der Waals surface area contributed by atoms with Crippen molar-refractivity contribution in [1.29, 1.82) is 0 Å². The molecular weight excluding hydrogens is 342 g/mol. The van der Waals surface area contributed by atoms with Crippen molar-refractivity contribution in [3.8, 4) is 11.5 Å². The van der Waals surface area contributed by atoms with Gasteiger partial charge in [-0.15, -0.1) is 0 Å². The lowest BCUT2D eigenvalue weighted by Crippen LogP contribution is -2.44. The van der Waals surface area contributed by atoms with Gasteiger partial charge in [0.1, 0.15) is 11.5 Å². The van der Waals surface area contributed by atoms with Crippen LogP contribution in [0.1, 0.15) is 6.92 Å². The van der Waals surface area contributed by atoms with Gasteiger partial charge in [0.2, 0.25) is 0 Å². The lowest BCUT2D eigenvalue weighted by Gasteiger charge is -2.34. The van der Waals surface area contributed by atoms with Gasteiger partial charge >= 0.3 is 0 Å². The van der Waals surface area contributed by atoms with Crippen LogP contribution in [0.4, 0.5) is 11.4 Å². The predicted octanol–water partition coefficient (Wildman–Crippen LogP) is 2.85. The summed E-state index contributed by atoms with van der Waals surface area (Å²) < 4.78 is 11.0. The number of carbonyl (C=O) groups is 1. The van der Waals surface area contributed by atoms with Gasteiger partial charge in [0.05, 0.1) is 6.61 Å². The Bertz CT molecular complexity index is 741. The highest BCUT2D eigenvalue weighted by Gasteiger charge is 2.14. The predicted molar refractivity (Wildman–Crippen MR) is 108 cm³/mol. The maximum atomic E-state index is 12.1. The Morgan fingerprint density at radius 3 is 2.33 bits per heavy atom. The van der Waals surface area contributed by atoms with Gasteiger partial charge in [0.25, 0.3) is 5.91 Å². The number of carbonyl (C=O) groups excluding carboxylic acids is 1. The number of ether oxygens (including phenoxy) is 2. The quantitative estimate of drug-likeness (QED) is 0.813. The summed E-state index contributed by atoms with van der Waals surface area (Å²) in [6.07, 6.45) is 0. The number of nitrogens with one attached hydrogen (secondary N) is 1. The standard InChI is InChI=1S/C21H27N3O3/c1-3-26-19-5-4-6-20(15-19)27-16-21(25)22-17-7-9-18(10-8-17)24-13-11-23(2)12-14-24/h4-10,15H,3,11-14,16H2,1-2H3,(H,22,25). The third-order valence-electron chi connectivity index (χ3n) is 4.51. The normalized spacial score (nSPS) is 14.7. The first-order chi connectivity index (χ1) is 13.1. The van der Waals surface area contributed by atoms with Crippen molar-refractivity contribution in [2.75, 3.05) is 56.7 Å². The first-order valence-electron chi connectivity index (χ1n) is 9.33. The van der Waals surface area contributed by atoms with Crippen LogP contribution in [0.25, 0.3) is 0 Å². The molecule has 2 aromatic carbocycles. The van der Waals surface area contributed by atoms with Crippen LogP contribution in [-0.4, -0.2) is 57.2 Å². The summed E-state index contributed by atoms with van der Waals surface area (Å²) in [5.41, 5.74) is 1.95. The molecule has 1 heterocycles. The molecule has 2 aromatic rings. The highest BCUT2D eigenvalue weighted by atomic mass is 16.5. The Morgan fingerprint density at radius 1 is 1.00 bits per heavy atom. The lowest BCUT2D eigenvalue weighted by atomic mass is 10.2. The minimum atomic E-state index is -0.191. The number of hydrogen-bond donors (Lipinski definition) is 1. The molecule has 0 radical (unpaired) electrons. The second kappa shape index (κ2) is 9.28. The molecule has 0 aromatic heterocycles. The van der Waals surface area contributed by atoms with Crippen LogP contribution in [-0.2, 0) is 4.79 Å². The maximum absolute atomic E-state index is 12.1. The van der Waals surface area contributed by atoms with Crippen LogP contribution >= 0.6 is 0 Å². The molecule has 6 nitrogen and oxygen atoms in total. The van der Waals surface area contributed by atoms with Crippen LogP contribution < -0.4 is 19.7 Å². The fraction of sp³-hybridized carbons (Fsp3) is 0.381. The average molecular weight is 369 g/mol. The number of hydrogen-bond acceptors (Lipinski definition) is 5. The molecule has 6 heteroatoms. The summed E-state index contributed by atoms with van der Waals surface area (Å²) in [5.74, 6) is 1.15. The minimum absolute atomic E-state index is 0.0458. The molecule has 0 saturated carbocycles. The van der Waals surface area contributed by atoms with Gasteiger partial charge in [-0.05, 0) is 50.4 Å². The van der Waals surface area contributed by atoms with Crippen molar-refractivity contribution in [1.82, 2.24) is 4.90 Å². The largest absolute Gasteiger partial charge is 0.494 e. The Morgan fingerprint density at radius 2 is 1.67 bits per heavy atom. The first-order valence-corrected chi connectivity index (χ1v) is 9.33. The van der Waals surface area contributed by atoms with E-state index in [1.807, 2.05) is 43.3 Å². The first kappa shape index (κ1) is 19.0. The molecule has 0 atom stereocenters. The van der Waals surface area contributed by atoms with E-state index in [-0.39, 0.29) is 12.5 Å². The van der Waals surface area contributed by atoms with Crippen molar-refractivity contribution in [3.05, 3.63) is 48.5 Å². The highest BCUT2D eigenvalue weighted by Crippen LogP contribution is 2.21. The van der Waals surface area contributed by atoms with Crippen LogP contribution in [0.3, 0.4) is 0 Å². The Hall–Kier alpha value is -2.73. The van der Waals surface area contributed by atoms with E-state index < -0.39 is 0 Å². The van der Waals surface area contributed by atoms with E-state index in [0.29, 0.717) is 12.4 Å². The summed E-state index contributed by atoms with van der Waals surface area (Å²) >= 11 is 0. The minimum Gasteiger partial charge on any atom is -0.494 e. The van der Waals surface area contributed by atoms with E-state index in [4.69, 9.17) is 9.47 Å². The third kappa shape index (κ3) is 5.62. The van der Waals surface area contributed by atoms with Crippen molar-refractivity contribution < 1.29 is 14.3 Å². The second-order valence-corrected chi connectivity index (χ2v) is 6.58. The summed E-state index contributed by atoms with van der Waals surface area (Å²) in [6.45, 7) is 6.66. The van der Waals surface area contributed by atoms with E-state index in [1.54, 1.807) is 12.1 Å². The summed E-state index contributed by atoms with van der Waals surface area (Å²) in [6, 6.07) is 15.2. The van der Waals surface area contributed by atoms with Gasteiger partial charge < -0.3 is 24.6 Å². The summed E-state index contributed by atoms with van der Waals surface area (Å²) in [4.78, 5) is 16.8. The molecule has 1 fully saturated rings. The Kier molecular flexibility index (Phi) is 6.54. The van der Waals surface area contributed by atoms with Crippen molar-refractivity contribution in [2.45, 2.75) is 6.92 Å². The zero-order valence-corrected chi connectivity index (χ0v) is 16.0. The molecule has 1 N–H and O–H groups in total. The fourth-order valence-electron chi connectivity index (χ4n) is 2.99. The molecule has 0 bridgehead atoms. The summed E-state index contributed by atoms with van der Waals surface area (Å²) in [7, 11) is 2.14. The molecule has 3 rings (SSSR count). The Balaban J connectivity index is 1.48. The van der Waals surface area contributed by atoms with Gasteiger partial charge in [-0.25, -0.2) is 0 Å². The molecule has 144 valence electrons. The zero-order chi connectivity index (χ0) is 19.1. The molecule has 1 amide bonds. The van der Waals surface area contributed by atoms with Crippen molar-refractivity contribution >= 4 is 17.3 Å². The number of benzene rings is 2. The number of anilines is 2. The van der Waals surface area contributed by atoms with Crippen LogP contribution in [0.5, 0.6) is 11.5 Å². The number of piperazine rings is 1. The van der Waals surface area contributed by atoms with Crippen LogP contribution in [0.2, 0.25) is 0 Å². The topological polar surface area (TPSA) is 54.0 Å². The van der Waals surface area contributed by atoms with Crippen LogP contribution in [0, 0.1) is 0 Å². The molecule has 1 saturated heterocycles. The number of rotatable bonds is 7. The maximum Gasteiger partial charge on any atom is 0.262 e. The number of nitrogens with zero attached hydrogens (tertiary/aromatic N) is 2. The highest BCUT2D eigenvalue weighted by molar-refractivity contribution is 5.92. The number of likely N-dealkylation sites (N-methyl/N-ethyl adjacent to an activating group) is 1. The van der Waals surface area contributed by atoms with Gasteiger partial charge in [-0.2, -0.15) is 0 Å². The van der Waals surface area contributed by atoms with E-state index in [1.165, 1.54) is 5.69 Å². The van der Waals surface area contributed by atoms with E-state index in [2.05, 4.69) is 22.2 Å². The molecule has 1 aliphatic heterocycles. The van der Waals surface area contributed by atoms with Crippen LogP contribution in [0.15, 0.2) is 48.5 Å². The molecular formula is C21H27N3O3. The molecule has 0 unspecified atom stereocenters. The monoisotopic (exact) mass is 369 g/mol. The molecule has 27 heavy (non-hydrogen) atoms. The zero-order valence-electron chi connectivity index (χ0n) is 16.0. The van der Waals surface area contributed by atoms with E-state index >= 15 is 0 Å². The SMILES string of the molecule is CCOc1cccc(OCC(=O)Nc2ccc(N3CCN(C)CC3)cc2)c1. The van der Waals surface area contributed by atoms with Gasteiger partial charge in [0, 0.05) is 43.6 Å². The fourth-order valence-corrected chi connectivity index (χ4v) is 2.99. The average Bonchev–Trinajstić information content (AvgIpc) is 2.68. The molecule has 0 aliphatic carbocycles. The van der Waals surface area contributed by atoms with Gasteiger partial charge in [0.15, 0.2) is 6.61 Å². The second-order valence-electron chi connectivity index (χ2n) is 6.58. The molecule has 0 spiro atoms. The van der Waals surface area contributed by atoms with E-state index in [9.17, 15) is 4.79 Å². The smallest absolute Gasteiger partial charge is 0.262 e.